The standard InChI is InChI=1S/C21H42/c1-5-6-7-8-9-10-11-12-13-14-15-16-17-18-19-21(4)20(2)3/h5-19H2,1-4H3. The minimum Gasteiger partial charge on any atom is -0.0775 e. The molecule has 0 aromatic heterocycles. The zero-order valence-electron chi connectivity index (χ0n) is 15.6. The van der Waals surface area contributed by atoms with E-state index in [0.29, 0.717) is 0 Å². The third kappa shape index (κ3) is 15.9. The van der Waals surface area contributed by atoms with Gasteiger partial charge in [-0.2, -0.15) is 0 Å². The van der Waals surface area contributed by atoms with Crippen molar-refractivity contribution in [2.75, 3.05) is 0 Å². The van der Waals surface area contributed by atoms with Crippen LogP contribution >= 0.6 is 0 Å². The molecule has 0 aromatic carbocycles. The number of hydrogen-bond donors (Lipinski definition) is 0. The molecule has 0 saturated heterocycles. The first kappa shape index (κ1) is 20.7. The Morgan fingerprint density at radius 1 is 0.476 bits per heavy atom. The Kier molecular flexibility index (Phi) is 15.9. The highest BCUT2D eigenvalue weighted by atomic mass is 14.0. The van der Waals surface area contributed by atoms with E-state index in [9.17, 15) is 0 Å². The second-order valence-corrected chi connectivity index (χ2v) is 7.13. The van der Waals surface area contributed by atoms with Gasteiger partial charge in [-0.1, -0.05) is 102 Å². The third-order valence-electron chi connectivity index (χ3n) is 4.76. The van der Waals surface area contributed by atoms with Crippen LogP contribution in [0.1, 0.15) is 124 Å². The molecule has 0 radical (unpaired) electrons. The van der Waals surface area contributed by atoms with Gasteiger partial charge < -0.3 is 0 Å². The Bertz CT molecular complexity index is 232. The molecule has 0 aliphatic carbocycles. The highest BCUT2D eigenvalue weighted by Gasteiger charge is 1.95. The molecule has 0 N–H and O–H groups in total. The Hall–Kier alpha value is -0.260. The molecule has 0 aliphatic rings. The maximum absolute atomic E-state index is 2.29. The van der Waals surface area contributed by atoms with Crippen molar-refractivity contribution in [1.82, 2.24) is 0 Å². The lowest BCUT2D eigenvalue weighted by Gasteiger charge is -2.05. The molecule has 0 heterocycles. The van der Waals surface area contributed by atoms with Crippen LogP contribution < -0.4 is 0 Å². The summed E-state index contributed by atoms with van der Waals surface area (Å²) in [5, 5.41) is 0. The minimum absolute atomic E-state index is 1.32. The van der Waals surface area contributed by atoms with Gasteiger partial charge in [-0.3, -0.25) is 0 Å². The lowest BCUT2D eigenvalue weighted by Crippen LogP contribution is -1.85. The lowest BCUT2D eigenvalue weighted by atomic mass is 10.0. The molecule has 0 saturated carbocycles. The highest BCUT2D eigenvalue weighted by molar-refractivity contribution is 5.06. The number of allylic oxidation sites excluding steroid dienone is 2. The third-order valence-corrected chi connectivity index (χ3v) is 4.76. The lowest BCUT2D eigenvalue weighted by molar-refractivity contribution is 0.535. The molecule has 0 amide bonds. The SMILES string of the molecule is CCCCCCCCCCCCCCCCC(C)=C(C)C. The summed E-state index contributed by atoms with van der Waals surface area (Å²) in [7, 11) is 0. The van der Waals surface area contributed by atoms with E-state index in [0.717, 1.165) is 0 Å². The largest absolute Gasteiger partial charge is 0.0775 e. The van der Waals surface area contributed by atoms with Crippen molar-refractivity contribution >= 4 is 0 Å². The van der Waals surface area contributed by atoms with Gasteiger partial charge in [-0.05, 0) is 33.6 Å². The first-order valence-electron chi connectivity index (χ1n) is 9.81. The van der Waals surface area contributed by atoms with Crippen LogP contribution in [0.5, 0.6) is 0 Å². The van der Waals surface area contributed by atoms with E-state index >= 15 is 0 Å². The van der Waals surface area contributed by atoms with E-state index in [1.54, 1.807) is 5.57 Å². The highest BCUT2D eigenvalue weighted by Crippen LogP contribution is 2.15. The summed E-state index contributed by atoms with van der Waals surface area (Å²) in [6.45, 7) is 9.05. The van der Waals surface area contributed by atoms with Crippen molar-refractivity contribution in [3.8, 4) is 0 Å². The van der Waals surface area contributed by atoms with Crippen LogP contribution in [-0.2, 0) is 0 Å². The van der Waals surface area contributed by atoms with Gasteiger partial charge in [-0.15, -0.1) is 0 Å². The summed E-state index contributed by atoms with van der Waals surface area (Å²) in [4.78, 5) is 0. The monoisotopic (exact) mass is 294 g/mol. The first-order valence-corrected chi connectivity index (χ1v) is 9.81. The van der Waals surface area contributed by atoms with Crippen molar-refractivity contribution in [3.05, 3.63) is 11.1 Å². The van der Waals surface area contributed by atoms with Crippen molar-refractivity contribution < 1.29 is 0 Å². The fourth-order valence-corrected chi connectivity index (χ4v) is 2.83. The molecule has 0 heteroatoms. The van der Waals surface area contributed by atoms with E-state index in [1.807, 2.05) is 0 Å². The van der Waals surface area contributed by atoms with Crippen LogP contribution in [0.3, 0.4) is 0 Å². The average molecular weight is 295 g/mol. The summed E-state index contributed by atoms with van der Waals surface area (Å²) >= 11 is 0. The Balaban J connectivity index is 3.08. The number of unbranched alkanes of at least 4 members (excludes halogenated alkanes) is 13. The minimum atomic E-state index is 1.32. The summed E-state index contributed by atoms with van der Waals surface area (Å²) in [5.74, 6) is 0. The molecule has 21 heavy (non-hydrogen) atoms. The maximum Gasteiger partial charge on any atom is -0.0321 e. The van der Waals surface area contributed by atoms with Gasteiger partial charge in [-0.25, -0.2) is 0 Å². The summed E-state index contributed by atoms with van der Waals surface area (Å²) < 4.78 is 0. The molecule has 0 aliphatic heterocycles. The second-order valence-electron chi connectivity index (χ2n) is 7.13. The number of rotatable bonds is 15. The van der Waals surface area contributed by atoms with Crippen LogP contribution in [0.4, 0.5) is 0 Å². The second kappa shape index (κ2) is 16.1. The van der Waals surface area contributed by atoms with Crippen molar-refractivity contribution in [2.45, 2.75) is 124 Å². The Labute approximate surface area is 135 Å². The summed E-state index contributed by atoms with van der Waals surface area (Å²) in [5.41, 5.74) is 3.12. The van der Waals surface area contributed by atoms with Crippen LogP contribution in [-0.4, -0.2) is 0 Å². The van der Waals surface area contributed by atoms with Gasteiger partial charge in [0.2, 0.25) is 0 Å². The fourth-order valence-electron chi connectivity index (χ4n) is 2.83. The van der Waals surface area contributed by atoms with E-state index < -0.39 is 0 Å². The van der Waals surface area contributed by atoms with Gasteiger partial charge in [0.05, 0.1) is 0 Å². The van der Waals surface area contributed by atoms with E-state index in [1.165, 1.54) is 102 Å². The van der Waals surface area contributed by atoms with Gasteiger partial charge in [0.25, 0.3) is 0 Å². The van der Waals surface area contributed by atoms with Crippen LogP contribution in [0.2, 0.25) is 0 Å². The Morgan fingerprint density at radius 3 is 1.14 bits per heavy atom. The van der Waals surface area contributed by atoms with Crippen LogP contribution in [0, 0.1) is 0 Å². The van der Waals surface area contributed by atoms with Crippen LogP contribution in [0.25, 0.3) is 0 Å². The zero-order chi connectivity index (χ0) is 15.8. The summed E-state index contributed by atoms with van der Waals surface area (Å²) in [6.07, 6.45) is 21.7. The molecular weight excluding hydrogens is 252 g/mol. The topological polar surface area (TPSA) is 0 Å². The fraction of sp³-hybridized carbons (Fsp3) is 0.905. The predicted molar refractivity (Wildman–Crippen MR) is 99.0 cm³/mol. The molecule has 0 unspecified atom stereocenters. The quantitative estimate of drug-likeness (QED) is 0.211. The molecular formula is C21H42. The molecule has 0 atom stereocenters. The molecule has 0 bridgehead atoms. The van der Waals surface area contributed by atoms with E-state index in [4.69, 9.17) is 0 Å². The summed E-state index contributed by atoms with van der Waals surface area (Å²) in [6, 6.07) is 0. The van der Waals surface area contributed by atoms with Crippen molar-refractivity contribution in [2.24, 2.45) is 0 Å². The van der Waals surface area contributed by atoms with E-state index in [2.05, 4.69) is 27.7 Å². The predicted octanol–water partition coefficient (Wildman–Crippen LogP) is 8.21. The molecule has 0 rings (SSSR count). The van der Waals surface area contributed by atoms with Gasteiger partial charge >= 0.3 is 0 Å². The van der Waals surface area contributed by atoms with Crippen molar-refractivity contribution in [1.29, 1.82) is 0 Å². The molecule has 0 fully saturated rings. The van der Waals surface area contributed by atoms with Gasteiger partial charge in [0.15, 0.2) is 0 Å². The normalized spacial score (nSPS) is 10.9. The Morgan fingerprint density at radius 2 is 0.810 bits per heavy atom. The van der Waals surface area contributed by atoms with Crippen molar-refractivity contribution in [3.63, 3.8) is 0 Å². The first-order chi connectivity index (χ1) is 10.2. The molecule has 0 nitrogen and oxygen atoms in total. The van der Waals surface area contributed by atoms with Gasteiger partial charge in [0, 0.05) is 0 Å². The molecule has 0 spiro atoms. The zero-order valence-corrected chi connectivity index (χ0v) is 15.6. The maximum atomic E-state index is 2.29. The molecule has 126 valence electrons. The number of hydrogen-bond acceptors (Lipinski definition) is 0. The van der Waals surface area contributed by atoms with Crippen LogP contribution in [0.15, 0.2) is 11.1 Å². The van der Waals surface area contributed by atoms with E-state index in [-0.39, 0.29) is 0 Å². The average Bonchev–Trinajstić information content (AvgIpc) is 2.47. The van der Waals surface area contributed by atoms with Gasteiger partial charge in [0.1, 0.15) is 0 Å². The smallest absolute Gasteiger partial charge is 0.0321 e. The molecule has 0 aromatic rings.